The van der Waals surface area contributed by atoms with Gasteiger partial charge in [0.15, 0.2) is 11.4 Å². The molecule has 0 unspecified atom stereocenters. The lowest BCUT2D eigenvalue weighted by Crippen LogP contribution is -2.18. The van der Waals surface area contributed by atoms with Crippen LogP contribution in [0.5, 0.6) is 5.75 Å². The number of hydrogen-bond donors (Lipinski definition) is 1. The predicted octanol–water partition coefficient (Wildman–Crippen LogP) is 3.66. The molecule has 2 rings (SSSR count). The highest BCUT2D eigenvalue weighted by Gasteiger charge is 2.29. The Kier molecular flexibility index (Phi) is 7.02. The lowest BCUT2D eigenvalue weighted by molar-refractivity contribution is 0.101. The minimum atomic E-state index is -4.15. The number of nitrogens with zero attached hydrogens (tertiary/aromatic N) is 3. The molecule has 0 saturated carbocycles. The van der Waals surface area contributed by atoms with Crippen molar-refractivity contribution < 1.29 is 22.3 Å². The first kappa shape index (κ1) is 23.8. The minimum Gasteiger partial charge on any atom is -0.490 e. The van der Waals surface area contributed by atoms with E-state index in [-0.39, 0.29) is 39.6 Å². The number of sulfonamides is 1. The Morgan fingerprint density at radius 1 is 1.45 bits per heavy atom. The summed E-state index contributed by atoms with van der Waals surface area (Å²) in [5, 5.41) is 11.5. The van der Waals surface area contributed by atoms with Gasteiger partial charge in [-0.1, -0.05) is 19.9 Å². The van der Waals surface area contributed by atoms with Gasteiger partial charge in [0.2, 0.25) is 0 Å². The normalized spacial score (nSPS) is 11.5. The Balaban J connectivity index is 2.45. The molecular formula is C21H23FN4O4S. The van der Waals surface area contributed by atoms with Crippen LogP contribution in [-0.2, 0) is 17.1 Å². The van der Waals surface area contributed by atoms with Crippen LogP contribution in [0.25, 0.3) is 0 Å². The maximum atomic E-state index is 13.5. The lowest BCUT2D eigenvalue weighted by Gasteiger charge is -2.20. The first-order chi connectivity index (χ1) is 14.5. The van der Waals surface area contributed by atoms with Gasteiger partial charge < -0.3 is 14.6 Å². The Hall–Kier alpha value is -3.45. The van der Waals surface area contributed by atoms with E-state index in [4.69, 9.17) is 10.00 Å². The molecule has 0 spiro atoms. The van der Waals surface area contributed by atoms with Gasteiger partial charge in [0.1, 0.15) is 16.8 Å². The van der Waals surface area contributed by atoms with Crippen molar-refractivity contribution in [2.45, 2.75) is 25.2 Å². The molecule has 0 aliphatic heterocycles. The molecule has 0 atom stereocenters. The van der Waals surface area contributed by atoms with Crippen LogP contribution in [0.1, 0.15) is 36.3 Å². The third-order valence-electron chi connectivity index (χ3n) is 4.66. The number of nitrogens with one attached hydrogen (secondary N) is 1. The maximum Gasteiger partial charge on any atom is 0.286 e. The van der Waals surface area contributed by atoms with E-state index in [2.05, 4.69) is 23.0 Å². The number of halogens is 1. The Morgan fingerprint density at radius 2 is 2.13 bits per heavy atom. The van der Waals surface area contributed by atoms with E-state index in [1.807, 2.05) is 13.8 Å². The molecule has 1 amide bonds. The second-order valence-corrected chi connectivity index (χ2v) is 9.09. The monoisotopic (exact) mass is 446 g/mol. The first-order valence-corrected chi connectivity index (χ1v) is 10.6. The van der Waals surface area contributed by atoms with E-state index in [0.717, 1.165) is 6.07 Å². The molecule has 8 nitrogen and oxygen atoms in total. The van der Waals surface area contributed by atoms with E-state index in [1.54, 1.807) is 12.1 Å². The van der Waals surface area contributed by atoms with Crippen molar-refractivity contribution in [2.24, 2.45) is 16.9 Å². The molecule has 2 aromatic rings. The average molecular weight is 447 g/mol. The number of aryl methyl sites for hydroxylation is 1. The van der Waals surface area contributed by atoms with E-state index >= 15 is 0 Å². The lowest BCUT2D eigenvalue weighted by atomic mass is 9.90. The van der Waals surface area contributed by atoms with Crippen LogP contribution in [-0.4, -0.2) is 32.2 Å². The summed E-state index contributed by atoms with van der Waals surface area (Å²) in [4.78, 5) is 12.6. The van der Waals surface area contributed by atoms with Gasteiger partial charge in [0.05, 0.1) is 12.2 Å². The fraction of sp³-hybridized carbons (Fsp3) is 0.286. The van der Waals surface area contributed by atoms with Gasteiger partial charge in [0.25, 0.3) is 15.9 Å². The van der Waals surface area contributed by atoms with Crippen LogP contribution in [0.15, 0.2) is 46.3 Å². The van der Waals surface area contributed by atoms with Gasteiger partial charge in [-0.15, -0.1) is 6.58 Å². The summed E-state index contributed by atoms with van der Waals surface area (Å²) < 4.78 is 48.4. The number of nitriles is 1. The summed E-state index contributed by atoms with van der Waals surface area (Å²) in [6.07, 6.45) is 3.47. The molecule has 0 aliphatic rings. The van der Waals surface area contributed by atoms with Gasteiger partial charge in [-0.25, -0.2) is 4.39 Å². The zero-order chi connectivity index (χ0) is 23.4. The van der Waals surface area contributed by atoms with Gasteiger partial charge >= 0.3 is 0 Å². The van der Waals surface area contributed by atoms with Crippen LogP contribution in [0, 0.1) is 22.6 Å². The molecule has 0 aliphatic carbocycles. The van der Waals surface area contributed by atoms with Crippen molar-refractivity contribution >= 4 is 28.3 Å². The highest BCUT2D eigenvalue weighted by Crippen LogP contribution is 2.33. The maximum absolute atomic E-state index is 13.5. The fourth-order valence-corrected chi connectivity index (χ4v) is 3.45. The number of aromatic nitrogens is 1. The molecule has 31 heavy (non-hydrogen) atoms. The van der Waals surface area contributed by atoms with Crippen molar-refractivity contribution in [2.75, 3.05) is 11.9 Å². The van der Waals surface area contributed by atoms with E-state index in [9.17, 15) is 17.6 Å². The summed E-state index contributed by atoms with van der Waals surface area (Å²) >= 11 is 0. The third kappa shape index (κ3) is 5.38. The van der Waals surface area contributed by atoms with Crippen LogP contribution in [0.2, 0.25) is 0 Å². The molecule has 0 saturated heterocycles. The van der Waals surface area contributed by atoms with Crippen molar-refractivity contribution in [3.05, 3.63) is 54.1 Å². The van der Waals surface area contributed by atoms with Crippen LogP contribution >= 0.6 is 0 Å². The van der Waals surface area contributed by atoms with Crippen LogP contribution in [0.4, 0.5) is 10.1 Å². The second kappa shape index (κ2) is 9.14. The largest absolute Gasteiger partial charge is 0.490 e. The summed E-state index contributed by atoms with van der Waals surface area (Å²) in [7, 11) is -2.67. The number of allylic oxidation sites excluding steroid dienone is 1. The van der Waals surface area contributed by atoms with Gasteiger partial charge in [0, 0.05) is 25.6 Å². The number of anilines is 1. The Labute approximate surface area is 180 Å². The van der Waals surface area contributed by atoms with Crippen LogP contribution in [0.3, 0.4) is 0 Å². The Bertz CT molecular complexity index is 1180. The number of amides is 1. The van der Waals surface area contributed by atoms with E-state index in [1.165, 1.54) is 29.9 Å². The zero-order valence-corrected chi connectivity index (χ0v) is 18.3. The van der Waals surface area contributed by atoms with Crippen molar-refractivity contribution in [3.8, 4) is 11.8 Å². The minimum absolute atomic E-state index is 0.0820. The number of hydrogen-bond acceptors (Lipinski definition) is 5. The quantitative estimate of drug-likeness (QED) is 0.466. The molecule has 0 bridgehead atoms. The number of benzene rings is 1. The first-order valence-electron chi connectivity index (χ1n) is 9.15. The van der Waals surface area contributed by atoms with Crippen molar-refractivity contribution in [3.63, 3.8) is 0 Å². The molecule has 1 aromatic carbocycles. The number of carbonyl (C=O) groups is 1. The SMILES string of the molecule is C=CC(C)(C)CCOc1c(S(=O)(=O)N=C)cn(C)c1C(=O)Nc1ccc(F)c(C#N)c1. The molecule has 164 valence electrons. The predicted molar refractivity (Wildman–Crippen MR) is 115 cm³/mol. The van der Waals surface area contributed by atoms with Crippen molar-refractivity contribution in [1.29, 1.82) is 5.26 Å². The summed E-state index contributed by atoms with van der Waals surface area (Å²) in [6, 6.07) is 5.19. The number of carbonyl (C=O) groups excluding carboxylic acids is 1. The molecule has 0 fully saturated rings. The average Bonchev–Trinajstić information content (AvgIpc) is 3.06. The number of ether oxygens (including phenoxy) is 1. The fourth-order valence-electron chi connectivity index (χ4n) is 2.63. The van der Waals surface area contributed by atoms with E-state index < -0.39 is 21.7 Å². The number of rotatable bonds is 9. The molecule has 1 N–H and O–H groups in total. The smallest absolute Gasteiger partial charge is 0.286 e. The third-order valence-corrected chi connectivity index (χ3v) is 5.84. The highest BCUT2D eigenvalue weighted by atomic mass is 32.2. The van der Waals surface area contributed by atoms with Gasteiger partial charge in [-0.05, 0) is 30.0 Å². The second-order valence-electron chi connectivity index (χ2n) is 7.44. The highest BCUT2D eigenvalue weighted by molar-refractivity contribution is 7.90. The summed E-state index contributed by atoms with van der Waals surface area (Å²) in [5.74, 6) is -1.60. The summed E-state index contributed by atoms with van der Waals surface area (Å²) in [6.45, 7) is 10.8. The van der Waals surface area contributed by atoms with Crippen molar-refractivity contribution in [1.82, 2.24) is 4.57 Å². The molecular weight excluding hydrogens is 423 g/mol. The zero-order valence-electron chi connectivity index (χ0n) is 17.5. The topological polar surface area (TPSA) is 114 Å². The molecule has 1 aromatic heterocycles. The van der Waals surface area contributed by atoms with E-state index in [0.29, 0.717) is 6.42 Å². The molecule has 0 radical (unpaired) electrons. The van der Waals surface area contributed by atoms with Crippen LogP contribution < -0.4 is 10.1 Å². The standard InChI is InChI=1S/C21H23FN4O4S/c1-6-21(2,3)9-10-30-19-17(31(28,29)24-4)13-26(5)18(19)20(27)25-15-7-8-16(22)14(11-15)12-23/h6-8,11,13H,1,4,9-10H2,2-3,5H3,(H,25,27). The molecule has 10 heteroatoms. The van der Waals surface area contributed by atoms with Gasteiger partial charge in [-0.2, -0.15) is 18.1 Å². The molecule has 1 heterocycles. The summed E-state index contributed by atoms with van der Waals surface area (Å²) in [5.41, 5.74) is -0.433. The van der Waals surface area contributed by atoms with Gasteiger partial charge in [-0.3, -0.25) is 4.79 Å². The Morgan fingerprint density at radius 3 is 2.71 bits per heavy atom.